The van der Waals surface area contributed by atoms with E-state index in [1.807, 2.05) is 42.6 Å². The molecular formula is C25H27N5O6S. The van der Waals surface area contributed by atoms with Crippen LogP contribution in [-0.2, 0) is 27.9 Å². The lowest BCUT2D eigenvalue weighted by Gasteiger charge is -2.31. The number of hydrogen-bond acceptors (Lipinski definition) is 8. The predicted molar refractivity (Wildman–Crippen MR) is 136 cm³/mol. The van der Waals surface area contributed by atoms with E-state index in [-0.39, 0.29) is 19.0 Å². The fourth-order valence-electron chi connectivity index (χ4n) is 4.38. The van der Waals surface area contributed by atoms with Gasteiger partial charge in [0.2, 0.25) is 10.0 Å². The minimum atomic E-state index is -3.90. The zero-order valence-corrected chi connectivity index (χ0v) is 21.1. The van der Waals surface area contributed by atoms with E-state index in [1.165, 1.54) is 12.0 Å². The number of piperidine rings is 1. The summed E-state index contributed by atoms with van der Waals surface area (Å²) in [5, 5.41) is 7.76. The Morgan fingerprint density at radius 3 is 2.78 bits per heavy atom. The molecule has 0 spiro atoms. The molecule has 5 rings (SSSR count). The Kier molecular flexibility index (Phi) is 6.99. The van der Waals surface area contributed by atoms with Gasteiger partial charge in [-0.25, -0.2) is 13.2 Å². The monoisotopic (exact) mass is 525 g/mol. The van der Waals surface area contributed by atoms with Crippen LogP contribution in [0.15, 0.2) is 65.4 Å². The summed E-state index contributed by atoms with van der Waals surface area (Å²) in [5.41, 5.74) is 2.10. The number of amides is 1. The third kappa shape index (κ3) is 5.53. The van der Waals surface area contributed by atoms with Crippen LogP contribution in [0.5, 0.6) is 5.75 Å². The smallest absolute Gasteiger partial charge is 0.410 e. The largest absolute Gasteiger partial charge is 0.496 e. The number of hydrogen-bond donors (Lipinski definition) is 1. The fourth-order valence-corrected chi connectivity index (χ4v) is 5.81. The first-order valence-electron chi connectivity index (χ1n) is 11.8. The highest BCUT2D eigenvalue weighted by molar-refractivity contribution is 7.93. The van der Waals surface area contributed by atoms with Crippen LogP contribution in [0.3, 0.4) is 0 Å². The number of aromatic nitrogens is 3. The summed E-state index contributed by atoms with van der Waals surface area (Å²) < 4.78 is 47.3. The number of sulfonamides is 1. The van der Waals surface area contributed by atoms with Gasteiger partial charge in [0, 0.05) is 25.5 Å². The molecule has 3 heterocycles. The molecule has 1 aliphatic rings. The summed E-state index contributed by atoms with van der Waals surface area (Å²) in [5.74, 6) is 0.467. The van der Waals surface area contributed by atoms with Crippen LogP contribution in [0, 0.1) is 0 Å². The summed E-state index contributed by atoms with van der Waals surface area (Å²) in [6, 6.07) is 14.7. The second-order valence-corrected chi connectivity index (χ2v) is 10.8. The van der Waals surface area contributed by atoms with E-state index in [0.29, 0.717) is 42.6 Å². The maximum Gasteiger partial charge on any atom is 0.410 e. The summed E-state index contributed by atoms with van der Waals surface area (Å²) >= 11 is 0. The van der Waals surface area contributed by atoms with Crippen molar-refractivity contribution in [1.82, 2.24) is 19.8 Å². The van der Waals surface area contributed by atoms with Crippen LogP contribution < -0.4 is 9.46 Å². The van der Waals surface area contributed by atoms with Gasteiger partial charge in [0.25, 0.3) is 0 Å². The number of ether oxygens (including phenoxy) is 2. The minimum Gasteiger partial charge on any atom is -0.496 e. The Morgan fingerprint density at radius 2 is 2.03 bits per heavy atom. The van der Waals surface area contributed by atoms with Crippen LogP contribution in [0.2, 0.25) is 0 Å². The van der Waals surface area contributed by atoms with Gasteiger partial charge in [0.15, 0.2) is 11.4 Å². The summed E-state index contributed by atoms with van der Waals surface area (Å²) in [6.45, 7) is 1.06. The Bertz CT molecular complexity index is 1470. The van der Waals surface area contributed by atoms with Crippen molar-refractivity contribution in [2.75, 3.05) is 24.9 Å². The average molecular weight is 526 g/mol. The number of likely N-dealkylation sites (tertiary alicyclic amines) is 1. The quantitative estimate of drug-likeness (QED) is 0.369. The van der Waals surface area contributed by atoms with E-state index >= 15 is 0 Å². The predicted octanol–water partition coefficient (Wildman–Crippen LogP) is 3.62. The van der Waals surface area contributed by atoms with E-state index < -0.39 is 21.4 Å². The molecule has 1 aliphatic heterocycles. The van der Waals surface area contributed by atoms with Gasteiger partial charge in [-0.2, -0.15) is 5.10 Å². The molecule has 37 heavy (non-hydrogen) atoms. The Morgan fingerprint density at radius 1 is 1.19 bits per heavy atom. The molecule has 2 aromatic heterocycles. The lowest BCUT2D eigenvalue weighted by Crippen LogP contribution is -2.46. The number of benzene rings is 2. The molecule has 1 N–H and O–H groups in total. The van der Waals surface area contributed by atoms with Gasteiger partial charge in [-0.1, -0.05) is 35.5 Å². The van der Waals surface area contributed by atoms with Crippen molar-refractivity contribution >= 4 is 32.9 Å². The molecule has 12 heteroatoms. The van der Waals surface area contributed by atoms with E-state index in [0.717, 1.165) is 11.1 Å². The van der Waals surface area contributed by atoms with E-state index in [4.69, 9.17) is 14.0 Å². The van der Waals surface area contributed by atoms with Gasteiger partial charge in [0.1, 0.15) is 17.7 Å². The number of carbonyl (C=O) groups is 1. The first kappa shape index (κ1) is 24.6. The topological polar surface area (TPSA) is 129 Å². The van der Waals surface area contributed by atoms with Crippen LogP contribution in [0.4, 0.5) is 10.6 Å². The van der Waals surface area contributed by atoms with Gasteiger partial charge in [0.05, 0.1) is 18.9 Å². The van der Waals surface area contributed by atoms with E-state index in [9.17, 15) is 13.2 Å². The Hall–Kier alpha value is -4.06. The zero-order chi connectivity index (χ0) is 25.8. The Labute approximate surface area is 214 Å². The molecule has 11 nitrogen and oxygen atoms in total. The van der Waals surface area contributed by atoms with Crippen LogP contribution >= 0.6 is 0 Å². The first-order valence-corrected chi connectivity index (χ1v) is 13.4. The van der Waals surface area contributed by atoms with Crippen LogP contribution in [0.25, 0.3) is 11.0 Å². The number of rotatable bonds is 8. The maximum atomic E-state index is 13.3. The molecule has 2 aromatic carbocycles. The summed E-state index contributed by atoms with van der Waals surface area (Å²) in [4.78, 5) is 14.0. The SMILES string of the molecule is COc1cc(Cn2cccn2)cc2onc(NS(=O)(=O)[C@@H]3CCCN(C(=O)OCc4ccccc4)C3)c12. The summed E-state index contributed by atoms with van der Waals surface area (Å²) in [7, 11) is -2.40. The van der Waals surface area contributed by atoms with Crippen LogP contribution in [0.1, 0.15) is 24.0 Å². The lowest BCUT2D eigenvalue weighted by molar-refractivity contribution is 0.0900. The molecule has 1 atom stereocenters. The van der Waals surface area contributed by atoms with Gasteiger partial charge >= 0.3 is 6.09 Å². The van der Waals surface area contributed by atoms with Crippen molar-refractivity contribution in [3.63, 3.8) is 0 Å². The lowest BCUT2D eigenvalue weighted by atomic mass is 10.1. The number of fused-ring (bicyclic) bond motifs is 1. The molecule has 4 aromatic rings. The van der Waals surface area contributed by atoms with Gasteiger partial charge in [-0.3, -0.25) is 9.40 Å². The standard InChI is InChI=1S/C25H27N5O6S/c1-34-21-13-19(15-30-12-6-10-26-30)14-22-23(21)24(27-36-22)28-37(32,33)20-9-5-11-29(16-20)25(31)35-17-18-7-3-2-4-8-18/h2-4,6-8,10,12-14,20H,5,9,11,15-17H2,1H3,(H,27,28)/t20-/m1/s1. The second kappa shape index (κ2) is 10.5. The van der Waals surface area contributed by atoms with Crippen molar-refractivity contribution < 1.29 is 27.2 Å². The van der Waals surface area contributed by atoms with Gasteiger partial charge in [-0.05, 0) is 42.2 Å². The highest BCUT2D eigenvalue weighted by atomic mass is 32.2. The number of methoxy groups -OCH3 is 1. The normalized spacial score (nSPS) is 16.0. The maximum absolute atomic E-state index is 13.3. The second-order valence-electron chi connectivity index (χ2n) is 8.80. The minimum absolute atomic E-state index is 0.0178. The molecule has 0 radical (unpaired) electrons. The fraction of sp³-hybridized carbons (Fsp3) is 0.320. The molecule has 0 unspecified atom stereocenters. The third-order valence-corrected chi connectivity index (χ3v) is 7.98. The van der Waals surface area contributed by atoms with Gasteiger partial charge < -0.3 is 18.9 Å². The molecule has 1 amide bonds. The van der Waals surface area contributed by atoms with Crippen molar-refractivity contribution in [3.05, 3.63) is 72.1 Å². The number of nitrogens with one attached hydrogen (secondary N) is 1. The van der Waals surface area contributed by atoms with Crippen molar-refractivity contribution in [3.8, 4) is 5.75 Å². The Balaban J connectivity index is 1.29. The highest BCUT2D eigenvalue weighted by Crippen LogP contribution is 2.35. The third-order valence-electron chi connectivity index (χ3n) is 6.24. The van der Waals surface area contributed by atoms with Gasteiger partial charge in [-0.15, -0.1) is 0 Å². The molecular weight excluding hydrogens is 498 g/mol. The highest BCUT2D eigenvalue weighted by Gasteiger charge is 2.34. The molecule has 1 saturated heterocycles. The molecule has 0 saturated carbocycles. The molecule has 194 valence electrons. The van der Waals surface area contributed by atoms with E-state index in [2.05, 4.69) is 15.0 Å². The average Bonchev–Trinajstić information content (AvgIpc) is 3.57. The molecule has 0 bridgehead atoms. The zero-order valence-electron chi connectivity index (χ0n) is 20.2. The number of nitrogens with zero attached hydrogens (tertiary/aromatic N) is 4. The van der Waals surface area contributed by atoms with Crippen molar-refractivity contribution in [1.29, 1.82) is 0 Å². The van der Waals surface area contributed by atoms with Crippen molar-refractivity contribution in [2.24, 2.45) is 0 Å². The number of carbonyl (C=O) groups excluding carboxylic acids is 1. The first-order chi connectivity index (χ1) is 17.9. The summed E-state index contributed by atoms with van der Waals surface area (Å²) in [6.07, 6.45) is 3.92. The molecule has 1 fully saturated rings. The van der Waals surface area contributed by atoms with Crippen molar-refractivity contribution in [2.45, 2.75) is 31.2 Å². The van der Waals surface area contributed by atoms with Crippen LogP contribution in [-0.4, -0.2) is 59.8 Å². The molecule has 0 aliphatic carbocycles. The van der Waals surface area contributed by atoms with E-state index in [1.54, 1.807) is 23.0 Å². The number of anilines is 1.